The lowest BCUT2D eigenvalue weighted by molar-refractivity contribution is -0.157. The van der Waals surface area contributed by atoms with Crippen LogP contribution in [0.1, 0.15) is 19.8 Å². The zero-order chi connectivity index (χ0) is 10.6. The van der Waals surface area contributed by atoms with Gasteiger partial charge in [0.25, 0.3) is 5.78 Å². The van der Waals surface area contributed by atoms with Crippen molar-refractivity contribution in [2.75, 3.05) is 0 Å². The third kappa shape index (κ3) is 1.85. The molecule has 0 fully saturated rings. The molecule has 0 aromatic heterocycles. The SMILES string of the molecule is [CH2]CC(CC)(C(N)=O)C(=O)C(=O)O. The third-order valence-corrected chi connectivity index (χ3v) is 2.13. The second kappa shape index (κ2) is 4.02. The molecule has 1 amide bonds. The van der Waals surface area contributed by atoms with Crippen LogP contribution in [0.2, 0.25) is 0 Å². The van der Waals surface area contributed by atoms with E-state index >= 15 is 0 Å². The number of carbonyl (C=O) groups excluding carboxylic acids is 2. The fraction of sp³-hybridized carbons (Fsp3) is 0.500. The first-order valence-corrected chi connectivity index (χ1v) is 3.79. The second-order valence-corrected chi connectivity index (χ2v) is 2.68. The minimum Gasteiger partial charge on any atom is -0.475 e. The number of nitrogens with two attached hydrogens (primary N) is 1. The lowest BCUT2D eigenvalue weighted by Crippen LogP contribution is -2.46. The highest BCUT2D eigenvalue weighted by atomic mass is 16.4. The van der Waals surface area contributed by atoms with E-state index in [0.29, 0.717) is 0 Å². The Kier molecular flexibility index (Phi) is 3.59. The molecule has 0 heterocycles. The van der Waals surface area contributed by atoms with Gasteiger partial charge in [-0.3, -0.25) is 9.59 Å². The molecule has 73 valence electrons. The first kappa shape index (κ1) is 11.6. The topological polar surface area (TPSA) is 97.5 Å². The monoisotopic (exact) mass is 186 g/mol. The van der Waals surface area contributed by atoms with Gasteiger partial charge in [-0.05, 0) is 12.8 Å². The molecule has 1 radical (unpaired) electrons. The maximum atomic E-state index is 11.1. The smallest absolute Gasteiger partial charge is 0.373 e. The minimum atomic E-state index is -1.65. The zero-order valence-corrected chi connectivity index (χ0v) is 7.37. The predicted octanol–water partition coefficient (Wildman–Crippen LogP) is -0.254. The molecule has 5 nitrogen and oxygen atoms in total. The van der Waals surface area contributed by atoms with Crippen molar-refractivity contribution in [3.05, 3.63) is 6.92 Å². The van der Waals surface area contributed by atoms with Crippen molar-refractivity contribution in [2.45, 2.75) is 19.8 Å². The number of carbonyl (C=O) groups is 3. The van der Waals surface area contributed by atoms with Gasteiger partial charge in [-0.2, -0.15) is 0 Å². The van der Waals surface area contributed by atoms with Gasteiger partial charge in [0.2, 0.25) is 5.91 Å². The standard InChI is InChI=1S/C8H12NO4/c1-3-8(4-2,7(9)13)5(10)6(11)12/h1,3-4H2,2H3,(H2,9,13)(H,11,12). The van der Waals surface area contributed by atoms with E-state index in [-0.39, 0.29) is 12.8 Å². The van der Waals surface area contributed by atoms with Gasteiger partial charge in [-0.1, -0.05) is 13.8 Å². The van der Waals surface area contributed by atoms with Crippen molar-refractivity contribution in [1.82, 2.24) is 0 Å². The van der Waals surface area contributed by atoms with Crippen LogP contribution < -0.4 is 5.73 Å². The van der Waals surface area contributed by atoms with E-state index in [4.69, 9.17) is 10.8 Å². The van der Waals surface area contributed by atoms with Gasteiger partial charge in [0, 0.05) is 0 Å². The van der Waals surface area contributed by atoms with Crippen molar-refractivity contribution >= 4 is 17.7 Å². The van der Waals surface area contributed by atoms with Gasteiger partial charge in [-0.15, -0.1) is 0 Å². The third-order valence-electron chi connectivity index (χ3n) is 2.13. The number of carboxylic acid groups (broad SMARTS) is 1. The van der Waals surface area contributed by atoms with E-state index in [1.807, 2.05) is 0 Å². The van der Waals surface area contributed by atoms with Crippen molar-refractivity contribution < 1.29 is 19.5 Å². The molecule has 1 atom stereocenters. The number of primary amides is 1. The Morgan fingerprint density at radius 3 is 2.00 bits per heavy atom. The molecule has 3 N–H and O–H groups in total. The summed E-state index contributed by atoms with van der Waals surface area (Å²) >= 11 is 0. The summed E-state index contributed by atoms with van der Waals surface area (Å²) in [7, 11) is 0. The number of hydrogen-bond donors (Lipinski definition) is 2. The first-order valence-electron chi connectivity index (χ1n) is 3.79. The Balaban J connectivity index is 5.10. The van der Waals surface area contributed by atoms with Crippen LogP contribution in [0.15, 0.2) is 0 Å². The molecule has 0 aliphatic rings. The summed E-state index contributed by atoms with van der Waals surface area (Å²) in [5.74, 6) is -3.76. The fourth-order valence-electron chi connectivity index (χ4n) is 1.06. The lowest BCUT2D eigenvalue weighted by atomic mass is 9.77. The molecule has 0 aliphatic heterocycles. The van der Waals surface area contributed by atoms with Crippen LogP contribution in [-0.4, -0.2) is 22.8 Å². The van der Waals surface area contributed by atoms with E-state index < -0.39 is 23.1 Å². The Morgan fingerprint density at radius 1 is 1.46 bits per heavy atom. The molecule has 0 rings (SSSR count). The Morgan fingerprint density at radius 2 is 1.92 bits per heavy atom. The fourth-order valence-corrected chi connectivity index (χ4v) is 1.06. The van der Waals surface area contributed by atoms with Crippen LogP contribution in [0.5, 0.6) is 0 Å². The van der Waals surface area contributed by atoms with E-state index in [2.05, 4.69) is 6.92 Å². The Labute approximate surface area is 75.9 Å². The zero-order valence-electron chi connectivity index (χ0n) is 7.37. The van der Waals surface area contributed by atoms with Gasteiger partial charge in [-0.25, -0.2) is 4.79 Å². The van der Waals surface area contributed by atoms with Crippen LogP contribution in [0.3, 0.4) is 0 Å². The molecule has 0 saturated carbocycles. The summed E-state index contributed by atoms with van der Waals surface area (Å²) in [5.41, 5.74) is 3.32. The van der Waals surface area contributed by atoms with Crippen LogP contribution >= 0.6 is 0 Å². The van der Waals surface area contributed by atoms with Gasteiger partial charge in [0.15, 0.2) is 0 Å². The summed E-state index contributed by atoms with van der Waals surface area (Å²) in [5, 5.41) is 8.44. The van der Waals surface area contributed by atoms with Crippen molar-refractivity contribution in [2.24, 2.45) is 11.1 Å². The predicted molar refractivity (Wildman–Crippen MR) is 44.5 cm³/mol. The first-order chi connectivity index (χ1) is 5.92. The number of hydrogen-bond acceptors (Lipinski definition) is 3. The minimum absolute atomic E-state index is 0.0525. The number of amides is 1. The molecule has 5 heteroatoms. The van der Waals surface area contributed by atoms with E-state index in [0.717, 1.165) is 0 Å². The lowest BCUT2D eigenvalue weighted by Gasteiger charge is -2.23. The maximum absolute atomic E-state index is 11.1. The van der Waals surface area contributed by atoms with Gasteiger partial charge < -0.3 is 10.8 Å². The second-order valence-electron chi connectivity index (χ2n) is 2.68. The number of ketones is 1. The summed E-state index contributed by atoms with van der Waals surface area (Å²) in [6.45, 7) is 4.89. The number of Topliss-reactive ketones (excluding diaryl/α,β-unsaturated/α-hetero) is 1. The van der Waals surface area contributed by atoms with Gasteiger partial charge in [0.1, 0.15) is 5.41 Å². The summed E-state index contributed by atoms with van der Waals surface area (Å²) < 4.78 is 0. The summed E-state index contributed by atoms with van der Waals surface area (Å²) in [6.07, 6.45) is -0.0824. The molecule has 0 aliphatic carbocycles. The number of aliphatic carboxylic acids is 1. The van der Waals surface area contributed by atoms with Crippen LogP contribution in [0.25, 0.3) is 0 Å². The van der Waals surface area contributed by atoms with Gasteiger partial charge >= 0.3 is 5.97 Å². The Bertz CT molecular complexity index is 243. The van der Waals surface area contributed by atoms with Crippen molar-refractivity contribution in [3.8, 4) is 0 Å². The average molecular weight is 186 g/mol. The highest BCUT2D eigenvalue weighted by molar-refractivity contribution is 6.39. The highest BCUT2D eigenvalue weighted by Gasteiger charge is 2.44. The normalized spacial score (nSPS) is 10.9. The quantitative estimate of drug-likeness (QED) is 0.456. The molecule has 0 aromatic rings. The molecule has 0 spiro atoms. The molecule has 0 saturated heterocycles. The van der Waals surface area contributed by atoms with Crippen LogP contribution in [0.4, 0.5) is 0 Å². The van der Waals surface area contributed by atoms with Gasteiger partial charge in [0.05, 0.1) is 0 Å². The number of carboxylic acids is 1. The van der Waals surface area contributed by atoms with Crippen LogP contribution in [0, 0.1) is 12.3 Å². The van der Waals surface area contributed by atoms with E-state index in [9.17, 15) is 14.4 Å². The average Bonchev–Trinajstić information content (AvgIpc) is 2.06. The van der Waals surface area contributed by atoms with E-state index in [1.54, 1.807) is 0 Å². The van der Waals surface area contributed by atoms with Crippen molar-refractivity contribution in [3.63, 3.8) is 0 Å². The molecular weight excluding hydrogens is 174 g/mol. The van der Waals surface area contributed by atoms with Crippen molar-refractivity contribution in [1.29, 1.82) is 0 Å². The molecular formula is C8H12NO4. The summed E-state index contributed by atoms with van der Waals surface area (Å²) in [4.78, 5) is 32.4. The summed E-state index contributed by atoms with van der Waals surface area (Å²) in [6, 6.07) is 0. The molecule has 1 unspecified atom stereocenters. The maximum Gasteiger partial charge on any atom is 0.373 e. The van der Waals surface area contributed by atoms with E-state index in [1.165, 1.54) is 6.92 Å². The molecule has 0 bridgehead atoms. The largest absolute Gasteiger partial charge is 0.475 e. The highest BCUT2D eigenvalue weighted by Crippen LogP contribution is 2.26. The molecule has 0 aromatic carbocycles. The van der Waals surface area contributed by atoms with Crippen LogP contribution in [-0.2, 0) is 14.4 Å². The number of rotatable bonds is 5. The Hall–Kier alpha value is -1.39. The molecule has 13 heavy (non-hydrogen) atoms.